The van der Waals surface area contributed by atoms with Gasteiger partial charge in [0.1, 0.15) is 5.75 Å². The number of fused-ring (bicyclic) bond motifs is 1. The average molecular weight is 511 g/mol. The molecule has 1 saturated heterocycles. The van der Waals surface area contributed by atoms with Crippen molar-refractivity contribution in [2.75, 3.05) is 52.5 Å². The first-order valence-electron chi connectivity index (χ1n) is 13.1. The van der Waals surface area contributed by atoms with Crippen LogP contribution in [0.5, 0.6) is 10.9 Å². The highest BCUT2D eigenvalue weighted by Crippen LogP contribution is 2.31. The van der Waals surface area contributed by atoms with Gasteiger partial charge in [-0.1, -0.05) is 55.9 Å². The van der Waals surface area contributed by atoms with Gasteiger partial charge in [0, 0.05) is 32.7 Å². The molecule has 2 amide bonds. The lowest BCUT2D eigenvalue weighted by atomic mass is 10.1. The number of aromatic nitrogens is 1. The van der Waals surface area contributed by atoms with Crippen molar-refractivity contribution >= 4 is 27.6 Å². The minimum absolute atomic E-state index is 0.0277. The molecule has 0 bridgehead atoms. The molecular weight excluding hydrogens is 472 g/mol. The fourth-order valence-corrected chi connectivity index (χ4v) is 5.08. The summed E-state index contributed by atoms with van der Waals surface area (Å²) in [5, 5.41) is 3.74. The minimum atomic E-state index is 0.0277. The predicted molar refractivity (Wildman–Crippen MR) is 146 cm³/mol. The number of rotatable bonds is 12. The lowest BCUT2D eigenvalue weighted by Gasteiger charge is -2.28. The standard InChI is InChI=1S/C28H38N4O3S/c1-3-22(2)21-31(15-6-14-29-27(33)32-17-19-34-20-18-32)16-13-23-9-11-24(12-10-23)35-28-30-25-7-4-5-8-26(25)36-28/h4-5,7-12,22H,3,6,13-21H2,1-2H3,(H,29,33). The Labute approximate surface area is 218 Å². The molecule has 1 aromatic heterocycles. The van der Waals surface area contributed by atoms with E-state index in [-0.39, 0.29) is 6.03 Å². The number of nitrogens with one attached hydrogen (secondary N) is 1. The van der Waals surface area contributed by atoms with Crippen LogP contribution >= 0.6 is 11.3 Å². The number of nitrogens with zero attached hydrogens (tertiary/aromatic N) is 3. The van der Waals surface area contributed by atoms with E-state index < -0.39 is 0 Å². The van der Waals surface area contributed by atoms with Crippen LogP contribution in [0.3, 0.4) is 0 Å². The van der Waals surface area contributed by atoms with Crippen molar-refractivity contribution in [3.63, 3.8) is 0 Å². The zero-order valence-electron chi connectivity index (χ0n) is 21.4. The zero-order chi connectivity index (χ0) is 25.2. The highest BCUT2D eigenvalue weighted by atomic mass is 32.1. The maximum Gasteiger partial charge on any atom is 0.317 e. The highest BCUT2D eigenvalue weighted by Gasteiger charge is 2.16. The topological polar surface area (TPSA) is 66.9 Å². The Bertz CT molecular complexity index is 1050. The lowest BCUT2D eigenvalue weighted by molar-refractivity contribution is 0.0532. The predicted octanol–water partition coefficient (Wildman–Crippen LogP) is 5.41. The third-order valence-electron chi connectivity index (χ3n) is 6.61. The van der Waals surface area contributed by atoms with Crippen molar-refractivity contribution in [3.8, 4) is 10.9 Å². The summed E-state index contributed by atoms with van der Waals surface area (Å²) in [6, 6.07) is 16.5. The maximum atomic E-state index is 12.3. The maximum absolute atomic E-state index is 12.3. The molecule has 0 saturated carbocycles. The Morgan fingerprint density at radius 1 is 1.17 bits per heavy atom. The van der Waals surface area contributed by atoms with E-state index in [1.807, 2.05) is 35.2 Å². The summed E-state index contributed by atoms with van der Waals surface area (Å²) in [5.41, 5.74) is 2.26. The number of benzene rings is 2. The zero-order valence-corrected chi connectivity index (χ0v) is 22.3. The SMILES string of the molecule is CCC(C)CN(CCCNC(=O)N1CCOCC1)CCc1ccc(Oc2nc3ccccc3s2)cc1. The van der Waals surface area contributed by atoms with Crippen molar-refractivity contribution in [2.24, 2.45) is 5.92 Å². The third-order valence-corrected chi connectivity index (χ3v) is 7.53. The van der Waals surface area contributed by atoms with Crippen LogP contribution in [0.1, 0.15) is 32.3 Å². The van der Waals surface area contributed by atoms with Crippen LogP contribution in [-0.4, -0.2) is 73.3 Å². The largest absolute Gasteiger partial charge is 0.431 e. The molecule has 2 aromatic carbocycles. The molecule has 1 aliphatic heterocycles. The van der Waals surface area contributed by atoms with Gasteiger partial charge in [0.25, 0.3) is 5.19 Å². The summed E-state index contributed by atoms with van der Waals surface area (Å²) >= 11 is 1.56. The van der Waals surface area contributed by atoms with E-state index in [1.54, 1.807) is 11.3 Å². The number of ether oxygens (including phenoxy) is 2. The van der Waals surface area contributed by atoms with E-state index in [1.165, 1.54) is 12.0 Å². The molecule has 1 atom stereocenters. The molecule has 1 fully saturated rings. The van der Waals surface area contributed by atoms with Gasteiger partial charge in [-0.05, 0) is 55.1 Å². The number of hydrogen-bond donors (Lipinski definition) is 1. The first-order chi connectivity index (χ1) is 17.6. The van der Waals surface area contributed by atoms with E-state index in [9.17, 15) is 4.79 Å². The molecular formula is C28H38N4O3S. The summed E-state index contributed by atoms with van der Waals surface area (Å²) in [6.07, 6.45) is 3.10. The van der Waals surface area contributed by atoms with Crippen LogP contribution in [0.25, 0.3) is 10.2 Å². The van der Waals surface area contributed by atoms with Crippen LogP contribution < -0.4 is 10.1 Å². The highest BCUT2D eigenvalue weighted by molar-refractivity contribution is 7.20. The number of thiazole rings is 1. The molecule has 36 heavy (non-hydrogen) atoms. The molecule has 4 rings (SSSR count). The quantitative estimate of drug-likeness (QED) is 0.330. The van der Waals surface area contributed by atoms with Crippen LogP contribution in [0.15, 0.2) is 48.5 Å². The Morgan fingerprint density at radius 3 is 2.69 bits per heavy atom. The van der Waals surface area contributed by atoms with Gasteiger partial charge in [0.2, 0.25) is 0 Å². The van der Waals surface area contributed by atoms with E-state index in [0.717, 1.165) is 48.4 Å². The van der Waals surface area contributed by atoms with Crippen molar-refractivity contribution in [2.45, 2.75) is 33.1 Å². The molecule has 0 radical (unpaired) electrons. The molecule has 7 nitrogen and oxygen atoms in total. The summed E-state index contributed by atoms with van der Waals surface area (Å²) < 4.78 is 12.4. The molecule has 0 aliphatic carbocycles. The van der Waals surface area contributed by atoms with Crippen molar-refractivity contribution in [1.82, 2.24) is 20.1 Å². The monoisotopic (exact) mass is 510 g/mol. The second-order valence-electron chi connectivity index (χ2n) is 9.44. The average Bonchev–Trinajstić information content (AvgIpc) is 3.33. The summed E-state index contributed by atoms with van der Waals surface area (Å²) in [4.78, 5) is 21.2. The number of morpholine rings is 1. The van der Waals surface area contributed by atoms with Crippen LogP contribution in [-0.2, 0) is 11.2 Å². The van der Waals surface area contributed by atoms with Crippen LogP contribution in [0.2, 0.25) is 0 Å². The smallest absolute Gasteiger partial charge is 0.317 e. The Balaban J connectivity index is 1.23. The summed E-state index contributed by atoms with van der Waals surface area (Å²) in [5.74, 6) is 1.46. The van der Waals surface area contributed by atoms with E-state index in [2.05, 4.69) is 47.2 Å². The molecule has 1 N–H and O–H groups in total. The third kappa shape index (κ3) is 7.91. The molecule has 3 aromatic rings. The lowest BCUT2D eigenvalue weighted by Crippen LogP contribution is -2.46. The normalized spacial score (nSPS) is 14.8. The number of carbonyl (C=O) groups is 1. The molecule has 0 spiro atoms. The van der Waals surface area contributed by atoms with Crippen LogP contribution in [0.4, 0.5) is 4.79 Å². The number of amides is 2. The van der Waals surface area contributed by atoms with Crippen molar-refractivity contribution in [3.05, 3.63) is 54.1 Å². The molecule has 1 aliphatic rings. The second kappa shape index (κ2) is 13.6. The van der Waals surface area contributed by atoms with Gasteiger partial charge in [0.15, 0.2) is 0 Å². The van der Waals surface area contributed by atoms with Crippen molar-refractivity contribution < 1.29 is 14.3 Å². The van der Waals surface area contributed by atoms with E-state index >= 15 is 0 Å². The van der Waals surface area contributed by atoms with Gasteiger partial charge in [-0.3, -0.25) is 0 Å². The van der Waals surface area contributed by atoms with Gasteiger partial charge < -0.3 is 24.6 Å². The number of carbonyl (C=O) groups excluding carboxylic acids is 1. The van der Waals surface area contributed by atoms with Crippen LogP contribution in [0, 0.1) is 5.92 Å². The number of para-hydroxylation sites is 1. The molecule has 8 heteroatoms. The molecule has 1 unspecified atom stereocenters. The summed E-state index contributed by atoms with van der Waals surface area (Å²) in [7, 11) is 0. The van der Waals surface area contributed by atoms with Gasteiger partial charge in [0.05, 0.1) is 23.4 Å². The number of urea groups is 1. The second-order valence-corrected chi connectivity index (χ2v) is 10.4. The first-order valence-corrected chi connectivity index (χ1v) is 13.9. The van der Waals surface area contributed by atoms with E-state index in [4.69, 9.17) is 9.47 Å². The summed E-state index contributed by atoms with van der Waals surface area (Å²) in [6.45, 7) is 10.9. The van der Waals surface area contributed by atoms with Crippen molar-refractivity contribution in [1.29, 1.82) is 0 Å². The molecule has 194 valence electrons. The van der Waals surface area contributed by atoms with E-state index in [0.29, 0.717) is 44.0 Å². The van der Waals surface area contributed by atoms with Gasteiger partial charge in [-0.15, -0.1) is 0 Å². The van der Waals surface area contributed by atoms with Gasteiger partial charge in [-0.25, -0.2) is 9.78 Å². The number of hydrogen-bond acceptors (Lipinski definition) is 6. The fraction of sp³-hybridized carbons (Fsp3) is 0.500. The van der Waals surface area contributed by atoms with Gasteiger partial charge >= 0.3 is 6.03 Å². The Morgan fingerprint density at radius 2 is 1.94 bits per heavy atom. The Hall–Kier alpha value is -2.68. The first kappa shape index (κ1) is 26.4. The van der Waals surface area contributed by atoms with Gasteiger partial charge in [-0.2, -0.15) is 0 Å². The Kier molecular flexibility index (Phi) is 9.95. The minimum Gasteiger partial charge on any atom is -0.431 e. The fourth-order valence-electron chi connectivity index (χ4n) is 4.25. The molecule has 2 heterocycles.